The van der Waals surface area contributed by atoms with Crippen molar-refractivity contribution in [3.05, 3.63) is 53.1 Å². The van der Waals surface area contributed by atoms with E-state index in [2.05, 4.69) is 27.3 Å². The highest BCUT2D eigenvalue weighted by Gasteiger charge is 2.37. The molecule has 1 aliphatic carbocycles. The minimum Gasteiger partial charge on any atom is -0.395 e. The Labute approximate surface area is 105 Å². The van der Waals surface area contributed by atoms with Gasteiger partial charge < -0.3 is 15.3 Å². The Hall–Kier alpha value is -2.07. The maximum atomic E-state index is 9.72. The Bertz CT molecular complexity index is 615. The van der Waals surface area contributed by atoms with Gasteiger partial charge in [-0.15, -0.1) is 0 Å². The Morgan fingerprint density at radius 2 is 2.28 bits per heavy atom. The van der Waals surface area contributed by atoms with Crippen LogP contribution in [0.15, 0.2) is 47.0 Å². The minimum atomic E-state index is 0.0501. The van der Waals surface area contributed by atoms with E-state index in [0.717, 1.165) is 23.8 Å². The van der Waals surface area contributed by atoms with Crippen LogP contribution in [-0.2, 0) is 0 Å². The van der Waals surface area contributed by atoms with Gasteiger partial charge in [0.1, 0.15) is 5.82 Å². The second-order valence-electron chi connectivity index (χ2n) is 4.65. The van der Waals surface area contributed by atoms with E-state index in [1.807, 2.05) is 24.5 Å². The molecular weight excluding hydrogens is 226 g/mol. The summed E-state index contributed by atoms with van der Waals surface area (Å²) < 4.78 is 0. The number of nitrogens with one attached hydrogen (secondary N) is 1. The van der Waals surface area contributed by atoms with Crippen LogP contribution in [0.2, 0.25) is 0 Å². The first-order valence-corrected chi connectivity index (χ1v) is 6.11. The highest BCUT2D eigenvalue weighted by molar-refractivity contribution is 5.80. The fourth-order valence-corrected chi connectivity index (χ4v) is 3.00. The molecule has 18 heavy (non-hydrogen) atoms. The second kappa shape index (κ2) is 3.46. The number of aliphatic hydroxyl groups is 1. The van der Waals surface area contributed by atoms with Gasteiger partial charge in [-0.2, -0.15) is 0 Å². The van der Waals surface area contributed by atoms with Crippen LogP contribution in [0.5, 0.6) is 0 Å². The molecule has 2 aliphatic heterocycles. The molecule has 1 unspecified atom stereocenters. The lowest BCUT2D eigenvalue weighted by Gasteiger charge is -2.29. The maximum Gasteiger partial charge on any atom is 0.149 e. The number of nitrogens with zero attached hydrogens (tertiary/aromatic N) is 2. The first kappa shape index (κ1) is 9.91. The molecule has 1 atom stereocenters. The number of hydrogen-bond acceptors (Lipinski definition) is 4. The van der Waals surface area contributed by atoms with E-state index in [-0.39, 0.29) is 12.5 Å². The van der Waals surface area contributed by atoms with Crippen LogP contribution < -0.4 is 5.32 Å². The number of rotatable bonds is 1. The summed E-state index contributed by atoms with van der Waals surface area (Å²) in [6.07, 6.45) is 3.83. The molecule has 0 spiro atoms. The van der Waals surface area contributed by atoms with Crippen LogP contribution in [0.4, 0.5) is 0 Å². The van der Waals surface area contributed by atoms with Crippen molar-refractivity contribution < 1.29 is 5.11 Å². The predicted octanol–water partition coefficient (Wildman–Crippen LogP) is 1.23. The average molecular weight is 239 g/mol. The van der Waals surface area contributed by atoms with Gasteiger partial charge in [-0.25, -0.2) is 4.99 Å². The highest BCUT2D eigenvalue weighted by atomic mass is 16.3. The minimum absolute atomic E-state index is 0.0501. The second-order valence-corrected chi connectivity index (χ2v) is 4.65. The Balaban J connectivity index is 1.89. The maximum absolute atomic E-state index is 9.72. The molecule has 3 aliphatic rings. The van der Waals surface area contributed by atoms with Crippen LogP contribution in [-0.4, -0.2) is 29.4 Å². The van der Waals surface area contributed by atoms with Crippen LogP contribution in [0, 0.1) is 0 Å². The number of aliphatic hydroxyl groups excluding tert-OH is 1. The summed E-state index contributed by atoms with van der Waals surface area (Å²) in [5.74, 6) is 0.981. The zero-order chi connectivity index (χ0) is 12.1. The molecule has 0 fully saturated rings. The van der Waals surface area contributed by atoms with E-state index < -0.39 is 0 Å². The Kier molecular flexibility index (Phi) is 1.91. The molecule has 0 radical (unpaired) electrons. The van der Waals surface area contributed by atoms with E-state index in [9.17, 15) is 5.11 Å². The molecular formula is C14H13N3O. The van der Waals surface area contributed by atoms with Crippen molar-refractivity contribution in [3.8, 4) is 0 Å². The fourth-order valence-electron chi connectivity index (χ4n) is 3.00. The molecule has 0 amide bonds. The molecule has 4 heteroatoms. The molecule has 90 valence electrons. The number of benzene rings is 1. The van der Waals surface area contributed by atoms with Crippen molar-refractivity contribution in [2.45, 2.75) is 5.92 Å². The largest absolute Gasteiger partial charge is 0.395 e. The number of aliphatic imine (C=N–C) groups is 1. The van der Waals surface area contributed by atoms with E-state index >= 15 is 0 Å². The summed E-state index contributed by atoms with van der Waals surface area (Å²) in [6.45, 7) is 0.915. The van der Waals surface area contributed by atoms with E-state index in [4.69, 9.17) is 0 Å². The molecule has 0 saturated carbocycles. The predicted molar refractivity (Wildman–Crippen MR) is 69.6 cm³/mol. The van der Waals surface area contributed by atoms with Crippen molar-refractivity contribution in [1.29, 1.82) is 0 Å². The first-order valence-electron chi connectivity index (χ1n) is 6.11. The van der Waals surface area contributed by atoms with E-state index in [1.54, 1.807) is 0 Å². The third-order valence-corrected chi connectivity index (χ3v) is 3.78. The summed E-state index contributed by atoms with van der Waals surface area (Å²) >= 11 is 0. The van der Waals surface area contributed by atoms with E-state index in [0.29, 0.717) is 0 Å². The van der Waals surface area contributed by atoms with Gasteiger partial charge in [0.15, 0.2) is 0 Å². The number of hydrogen-bond donors (Lipinski definition) is 2. The van der Waals surface area contributed by atoms with Gasteiger partial charge >= 0.3 is 0 Å². The lowest BCUT2D eigenvalue weighted by Crippen LogP contribution is -2.29. The van der Waals surface area contributed by atoms with Crippen molar-refractivity contribution >= 4 is 11.9 Å². The molecule has 4 rings (SSSR count). The third kappa shape index (κ3) is 1.10. The zero-order valence-electron chi connectivity index (χ0n) is 9.80. The van der Waals surface area contributed by atoms with Crippen LogP contribution >= 0.6 is 0 Å². The fraction of sp³-hybridized carbons (Fsp3) is 0.214. The van der Waals surface area contributed by atoms with Gasteiger partial charge in [-0.1, -0.05) is 24.3 Å². The van der Waals surface area contributed by atoms with Crippen molar-refractivity contribution in [2.24, 2.45) is 4.99 Å². The third-order valence-electron chi connectivity index (χ3n) is 3.78. The summed E-state index contributed by atoms with van der Waals surface area (Å²) in [4.78, 5) is 6.51. The standard InChI is InChI=1S/C14H13N3O/c18-8-11-9-3-1-2-4-10(9)13-14(11)17-6-5-15-12(17)7-16-13/h1-5,7,11,16,18H,6,8H2. The smallest absolute Gasteiger partial charge is 0.149 e. The molecule has 0 aromatic heterocycles. The van der Waals surface area contributed by atoms with Gasteiger partial charge in [0, 0.05) is 18.0 Å². The van der Waals surface area contributed by atoms with Gasteiger partial charge in [0.2, 0.25) is 0 Å². The van der Waals surface area contributed by atoms with Crippen LogP contribution in [0.25, 0.3) is 5.70 Å². The highest BCUT2D eigenvalue weighted by Crippen LogP contribution is 2.45. The lowest BCUT2D eigenvalue weighted by molar-refractivity contribution is 0.264. The topological polar surface area (TPSA) is 47.9 Å². The van der Waals surface area contributed by atoms with E-state index in [1.165, 1.54) is 11.1 Å². The Morgan fingerprint density at radius 1 is 1.39 bits per heavy atom. The van der Waals surface area contributed by atoms with Gasteiger partial charge in [-0.05, 0) is 5.56 Å². The SMILES string of the molecule is OCC1C2=C(NC=C3N=CCN32)c2ccccc21. The van der Waals surface area contributed by atoms with Crippen LogP contribution in [0.3, 0.4) is 0 Å². The molecule has 1 aromatic carbocycles. The van der Waals surface area contributed by atoms with Gasteiger partial charge in [0.25, 0.3) is 0 Å². The quantitative estimate of drug-likeness (QED) is 0.775. The number of fused-ring (bicyclic) bond motifs is 4. The summed E-state index contributed by atoms with van der Waals surface area (Å²) in [6, 6.07) is 8.25. The molecule has 0 saturated heterocycles. The van der Waals surface area contributed by atoms with Crippen LogP contribution in [0.1, 0.15) is 17.0 Å². The molecule has 2 heterocycles. The van der Waals surface area contributed by atoms with Crippen molar-refractivity contribution in [1.82, 2.24) is 10.2 Å². The lowest BCUT2D eigenvalue weighted by atomic mass is 9.99. The van der Waals surface area contributed by atoms with Gasteiger partial charge in [-0.3, -0.25) is 0 Å². The molecule has 0 bridgehead atoms. The molecule has 2 N–H and O–H groups in total. The van der Waals surface area contributed by atoms with Crippen molar-refractivity contribution in [2.75, 3.05) is 13.2 Å². The monoisotopic (exact) mass is 239 g/mol. The summed E-state index contributed by atoms with van der Waals surface area (Å²) in [5, 5.41) is 13.0. The Morgan fingerprint density at radius 3 is 3.17 bits per heavy atom. The summed E-state index contributed by atoms with van der Waals surface area (Å²) in [5.41, 5.74) is 4.64. The average Bonchev–Trinajstić information content (AvgIpc) is 3.00. The summed E-state index contributed by atoms with van der Waals surface area (Å²) in [7, 11) is 0. The molecule has 4 nitrogen and oxygen atoms in total. The van der Waals surface area contributed by atoms with Crippen molar-refractivity contribution in [3.63, 3.8) is 0 Å². The normalized spacial score (nSPS) is 23.5. The molecule has 1 aromatic rings. The first-order chi connectivity index (χ1) is 8.90. The zero-order valence-corrected chi connectivity index (χ0v) is 9.80. The van der Waals surface area contributed by atoms with Gasteiger partial charge in [0.05, 0.1) is 30.5 Å².